The van der Waals surface area contributed by atoms with Crippen LogP contribution in [0.5, 0.6) is 11.5 Å². The van der Waals surface area contributed by atoms with Crippen LogP contribution in [-0.4, -0.2) is 76.4 Å². The molecule has 4 aromatic rings. The molecule has 1 aliphatic heterocycles. The van der Waals surface area contributed by atoms with Crippen molar-refractivity contribution in [3.8, 4) is 22.6 Å². The van der Waals surface area contributed by atoms with Crippen molar-refractivity contribution in [2.24, 2.45) is 0 Å². The zero-order valence-electron chi connectivity index (χ0n) is 25.1. The highest BCUT2D eigenvalue weighted by molar-refractivity contribution is 7.91. The van der Waals surface area contributed by atoms with Crippen LogP contribution in [0.15, 0.2) is 54.2 Å². The Morgan fingerprint density at radius 2 is 1.89 bits per heavy atom. The molecule has 4 heterocycles. The topological polar surface area (TPSA) is 172 Å². The van der Waals surface area contributed by atoms with Crippen molar-refractivity contribution < 1.29 is 23.1 Å². The van der Waals surface area contributed by atoms with Crippen LogP contribution in [0.1, 0.15) is 40.9 Å². The summed E-state index contributed by atoms with van der Waals surface area (Å²) in [6, 6.07) is 4.83. The molecule has 3 aromatic heterocycles. The first-order valence-electron chi connectivity index (χ1n) is 14.7. The van der Waals surface area contributed by atoms with Crippen LogP contribution in [0, 0.1) is 6.92 Å². The van der Waals surface area contributed by atoms with Gasteiger partial charge < -0.3 is 30.4 Å². The Balaban J connectivity index is 1.45. The van der Waals surface area contributed by atoms with Gasteiger partial charge in [-0.25, -0.2) is 22.4 Å². The maximum absolute atomic E-state index is 13.9. The summed E-state index contributed by atoms with van der Waals surface area (Å²) in [6.45, 7) is 8.45. The monoisotopic (exact) mass is 633 g/mol. The first kappa shape index (κ1) is 30.3. The van der Waals surface area contributed by atoms with E-state index < -0.39 is 26.2 Å². The van der Waals surface area contributed by atoms with E-state index in [1.807, 2.05) is 0 Å². The van der Waals surface area contributed by atoms with Crippen molar-refractivity contribution in [1.29, 1.82) is 0 Å². The zero-order chi connectivity index (χ0) is 31.9. The predicted molar refractivity (Wildman–Crippen MR) is 170 cm³/mol. The van der Waals surface area contributed by atoms with Crippen LogP contribution in [-0.2, 0) is 16.6 Å². The molecule has 14 heteroatoms. The fraction of sp³-hybridized carbons (Fsp3) is 0.355. The number of aromatic hydroxyl groups is 1. The molecule has 2 aliphatic rings. The number of rotatable bonds is 10. The van der Waals surface area contributed by atoms with Crippen molar-refractivity contribution >= 4 is 32.8 Å². The molecule has 1 saturated carbocycles. The molecule has 1 aliphatic carbocycles. The van der Waals surface area contributed by atoms with Crippen LogP contribution >= 0.6 is 0 Å². The second kappa shape index (κ2) is 11.7. The van der Waals surface area contributed by atoms with E-state index in [-0.39, 0.29) is 40.7 Å². The number of methoxy groups -OCH3 is 1. The van der Waals surface area contributed by atoms with Gasteiger partial charge in [-0.15, -0.1) is 6.58 Å². The molecule has 1 aromatic carbocycles. The van der Waals surface area contributed by atoms with Gasteiger partial charge in [0.05, 0.1) is 46.6 Å². The van der Waals surface area contributed by atoms with E-state index in [2.05, 4.69) is 37.1 Å². The number of carbonyl (C=O) groups excluding carboxylic acids is 1. The number of nitrogens with one attached hydrogen (secondary N) is 3. The first-order valence-corrected chi connectivity index (χ1v) is 16.1. The molecule has 1 amide bonds. The standard InChI is InChI=1S/C31H35N7O6S/c1-4-5-31(6-7-31)45(42,43)38-18-25(39)27-22(28(40)33-17-23-26(44-3)12-19(2)36-29(23)41)13-20(14-24(27)38)21-15-34-30(35-16-21)37-10-8-32-9-11-37/h4,12-16,18,32,39H,1,5-11,17H2,2-3H3,(H,33,40)(H,36,41). The lowest BCUT2D eigenvalue weighted by Crippen LogP contribution is -2.44. The number of amides is 1. The average molecular weight is 634 g/mol. The molecule has 1 saturated heterocycles. The van der Waals surface area contributed by atoms with Gasteiger partial charge in [-0.1, -0.05) is 6.08 Å². The molecule has 0 bridgehead atoms. The van der Waals surface area contributed by atoms with E-state index in [0.29, 0.717) is 41.4 Å². The normalized spacial score (nSPS) is 16.0. The third kappa shape index (κ3) is 5.44. The fourth-order valence-corrected chi connectivity index (χ4v) is 7.84. The lowest BCUT2D eigenvalue weighted by Gasteiger charge is -2.27. The molecule has 0 unspecified atom stereocenters. The maximum atomic E-state index is 13.9. The summed E-state index contributed by atoms with van der Waals surface area (Å²) < 4.78 is 33.3. The van der Waals surface area contributed by atoms with Gasteiger partial charge in [0.25, 0.3) is 11.5 Å². The van der Waals surface area contributed by atoms with Crippen molar-refractivity contribution in [3.05, 3.63) is 76.6 Å². The number of allylic oxidation sites excluding steroid dienone is 1. The smallest absolute Gasteiger partial charge is 0.256 e. The van der Waals surface area contributed by atoms with Crippen LogP contribution in [0.3, 0.4) is 0 Å². The Hall–Kier alpha value is -4.69. The van der Waals surface area contributed by atoms with Crippen LogP contribution in [0.4, 0.5) is 5.95 Å². The Morgan fingerprint density at radius 1 is 1.18 bits per heavy atom. The minimum Gasteiger partial charge on any atom is -0.506 e. The van der Waals surface area contributed by atoms with Gasteiger partial charge in [0.2, 0.25) is 16.0 Å². The third-order valence-electron chi connectivity index (χ3n) is 8.47. The molecule has 0 radical (unpaired) electrons. The highest BCUT2D eigenvalue weighted by atomic mass is 32.2. The van der Waals surface area contributed by atoms with Crippen LogP contribution < -0.4 is 25.8 Å². The molecular weight excluding hydrogens is 598 g/mol. The van der Waals surface area contributed by atoms with E-state index in [4.69, 9.17) is 4.74 Å². The summed E-state index contributed by atoms with van der Waals surface area (Å²) >= 11 is 0. The molecule has 0 atom stereocenters. The molecule has 2 fully saturated rings. The quantitative estimate of drug-likeness (QED) is 0.190. The van der Waals surface area contributed by atoms with Crippen LogP contribution in [0.25, 0.3) is 22.0 Å². The minimum atomic E-state index is -3.98. The second-order valence-electron chi connectivity index (χ2n) is 11.4. The van der Waals surface area contributed by atoms with E-state index in [1.54, 1.807) is 43.6 Å². The minimum absolute atomic E-state index is 0.0243. The molecular formula is C31H35N7O6S. The molecule has 0 spiro atoms. The number of pyridine rings is 1. The Bertz CT molecular complexity index is 1960. The van der Waals surface area contributed by atoms with Gasteiger partial charge in [-0.05, 0) is 49.9 Å². The third-order valence-corrected chi connectivity index (χ3v) is 11.0. The largest absolute Gasteiger partial charge is 0.506 e. The molecule has 6 rings (SSSR count). The Labute approximate surface area is 260 Å². The Kier molecular flexibility index (Phi) is 7.87. The van der Waals surface area contributed by atoms with E-state index in [1.165, 1.54) is 7.11 Å². The Morgan fingerprint density at radius 3 is 2.53 bits per heavy atom. The second-order valence-corrected chi connectivity index (χ2v) is 13.6. The molecule has 4 N–H and O–H groups in total. The number of aryl methyl sites for hydroxylation is 1. The number of fused-ring (bicyclic) bond motifs is 1. The fourth-order valence-electron chi connectivity index (χ4n) is 5.84. The van der Waals surface area contributed by atoms with Crippen molar-refractivity contribution in [1.82, 2.24) is 29.6 Å². The highest BCUT2D eigenvalue weighted by Gasteiger charge is 2.54. The van der Waals surface area contributed by atoms with Crippen molar-refractivity contribution in [2.75, 3.05) is 38.2 Å². The van der Waals surface area contributed by atoms with Gasteiger partial charge in [-0.2, -0.15) is 0 Å². The molecule has 13 nitrogen and oxygen atoms in total. The van der Waals surface area contributed by atoms with Gasteiger partial charge in [0.1, 0.15) is 11.5 Å². The van der Waals surface area contributed by atoms with Crippen LogP contribution in [0.2, 0.25) is 0 Å². The number of carbonyl (C=O) groups is 1. The maximum Gasteiger partial charge on any atom is 0.256 e. The lowest BCUT2D eigenvalue weighted by molar-refractivity contribution is 0.0952. The summed E-state index contributed by atoms with van der Waals surface area (Å²) in [5, 5.41) is 17.2. The summed E-state index contributed by atoms with van der Waals surface area (Å²) in [5.41, 5.74) is 1.60. The number of hydrogen-bond acceptors (Lipinski definition) is 10. The van der Waals surface area contributed by atoms with Crippen molar-refractivity contribution in [2.45, 2.75) is 37.5 Å². The van der Waals surface area contributed by atoms with E-state index >= 15 is 0 Å². The number of H-pyrrole nitrogens is 1. The predicted octanol–water partition coefficient (Wildman–Crippen LogP) is 2.44. The summed E-state index contributed by atoms with van der Waals surface area (Å²) in [7, 11) is -2.55. The zero-order valence-corrected chi connectivity index (χ0v) is 25.9. The number of benzene rings is 1. The SMILES string of the molecule is C=CCC1(S(=O)(=O)n2cc(O)c3c(C(=O)NCc4c(OC)cc(C)[nH]c4=O)cc(-c4cnc(N5CCNCC5)nc4)cc32)CC1. The number of piperazine rings is 1. The van der Waals surface area contributed by atoms with E-state index in [0.717, 1.165) is 36.3 Å². The van der Waals surface area contributed by atoms with Gasteiger partial charge in [0.15, 0.2) is 0 Å². The summed E-state index contributed by atoms with van der Waals surface area (Å²) in [4.78, 5) is 40.3. The van der Waals surface area contributed by atoms with Gasteiger partial charge >= 0.3 is 0 Å². The number of aromatic amines is 1. The molecule has 236 valence electrons. The summed E-state index contributed by atoms with van der Waals surface area (Å²) in [5.74, 6) is -0.106. The molecule has 45 heavy (non-hydrogen) atoms. The average Bonchev–Trinajstić information content (AvgIpc) is 3.76. The number of aromatic nitrogens is 4. The number of ether oxygens (including phenoxy) is 1. The summed E-state index contributed by atoms with van der Waals surface area (Å²) in [6.07, 6.45) is 7.17. The van der Waals surface area contributed by atoms with Crippen molar-refractivity contribution in [3.63, 3.8) is 0 Å². The number of hydrogen-bond donors (Lipinski definition) is 4. The number of anilines is 1. The highest BCUT2D eigenvalue weighted by Crippen LogP contribution is 2.49. The van der Waals surface area contributed by atoms with Gasteiger partial charge in [-0.3, -0.25) is 9.59 Å². The number of nitrogens with zero attached hydrogens (tertiary/aromatic N) is 4. The first-order chi connectivity index (χ1) is 21.6. The van der Waals surface area contributed by atoms with E-state index in [9.17, 15) is 23.1 Å². The van der Waals surface area contributed by atoms with Gasteiger partial charge in [0, 0.05) is 49.8 Å². The lowest BCUT2D eigenvalue weighted by atomic mass is 10.0.